The van der Waals surface area contributed by atoms with Crippen molar-refractivity contribution in [3.63, 3.8) is 0 Å². The standard InChI is InChI=1S/C20H20N4O2/c1-15(25)23-18-7-5-6-17(12-18)20(26)21-11-10-16-13-22-24(14-16)19-8-3-2-4-9-19/h2-9,12-14H,10-11H2,1H3,(H,21,26)(H,23,25). The number of amides is 2. The average Bonchev–Trinajstić information content (AvgIpc) is 3.11. The van der Waals surface area contributed by atoms with Crippen molar-refractivity contribution < 1.29 is 9.59 Å². The Labute approximate surface area is 151 Å². The second-order valence-corrected chi connectivity index (χ2v) is 5.90. The maximum Gasteiger partial charge on any atom is 0.251 e. The van der Waals surface area contributed by atoms with Crippen molar-refractivity contribution in [3.8, 4) is 5.69 Å². The minimum atomic E-state index is -0.173. The molecule has 3 aromatic rings. The molecule has 2 N–H and O–H groups in total. The van der Waals surface area contributed by atoms with Gasteiger partial charge in [-0.2, -0.15) is 5.10 Å². The predicted molar refractivity (Wildman–Crippen MR) is 100 cm³/mol. The third kappa shape index (κ3) is 4.57. The molecule has 0 aliphatic heterocycles. The van der Waals surface area contributed by atoms with Crippen molar-refractivity contribution in [1.29, 1.82) is 0 Å². The molecular weight excluding hydrogens is 328 g/mol. The van der Waals surface area contributed by atoms with Gasteiger partial charge < -0.3 is 10.6 Å². The average molecular weight is 348 g/mol. The molecule has 26 heavy (non-hydrogen) atoms. The van der Waals surface area contributed by atoms with Gasteiger partial charge in [-0.1, -0.05) is 24.3 Å². The molecule has 3 rings (SSSR count). The van der Waals surface area contributed by atoms with Crippen LogP contribution in [0.15, 0.2) is 67.0 Å². The largest absolute Gasteiger partial charge is 0.352 e. The second-order valence-electron chi connectivity index (χ2n) is 5.90. The zero-order valence-corrected chi connectivity index (χ0v) is 14.5. The van der Waals surface area contributed by atoms with Gasteiger partial charge in [0.2, 0.25) is 5.91 Å². The smallest absolute Gasteiger partial charge is 0.251 e. The molecule has 0 bridgehead atoms. The van der Waals surface area contributed by atoms with E-state index in [9.17, 15) is 9.59 Å². The molecule has 2 amide bonds. The Balaban J connectivity index is 1.54. The van der Waals surface area contributed by atoms with Crippen LogP contribution in [0.2, 0.25) is 0 Å². The Morgan fingerprint density at radius 2 is 1.88 bits per heavy atom. The molecule has 0 saturated heterocycles. The Kier molecular flexibility index (Phi) is 5.43. The Morgan fingerprint density at radius 1 is 1.08 bits per heavy atom. The molecule has 6 nitrogen and oxygen atoms in total. The van der Waals surface area contributed by atoms with Gasteiger partial charge in [-0.3, -0.25) is 9.59 Å². The number of hydrogen-bond donors (Lipinski definition) is 2. The lowest BCUT2D eigenvalue weighted by Crippen LogP contribution is -2.25. The molecule has 0 atom stereocenters. The molecule has 0 saturated carbocycles. The van der Waals surface area contributed by atoms with Crippen molar-refractivity contribution >= 4 is 17.5 Å². The number of rotatable bonds is 6. The number of nitrogens with zero attached hydrogens (tertiary/aromatic N) is 2. The zero-order valence-electron chi connectivity index (χ0n) is 14.5. The van der Waals surface area contributed by atoms with Crippen LogP contribution in [0.3, 0.4) is 0 Å². The highest BCUT2D eigenvalue weighted by atomic mass is 16.2. The van der Waals surface area contributed by atoms with Gasteiger partial charge in [0, 0.05) is 30.9 Å². The fraction of sp³-hybridized carbons (Fsp3) is 0.150. The van der Waals surface area contributed by atoms with Crippen molar-refractivity contribution in [1.82, 2.24) is 15.1 Å². The lowest BCUT2D eigenvalue weighted by atomic mass is 10.2. The fourth-order valence-electron chi connectivity index (χ4n) is 2.58. The summed E-state index contributed by atoms with van der Waals surface area (Å²) < 4.78 is 1.81. The van der Waals surface area contributed by atoms with E-state index >= 15 is 0 Å². The molecule has 0 fully saturated rings. The molecule has 6 heteroatoms. The van der Waals surface area contributed by atoms with E-state index in [0.717, 1.165) is 11.3 Å². The van der Waals surface area contributed by atoms with E-state index in [1.807, 2.05) is 41.2 Å². The topological polar surface area (TPSA) is 76.0 Å². The van der Waals surface area contributed by atoms with Gasteiger partial charge in [-0.05, 0) is 42.3 Å². The van der Waals surface area contributed by atoms with Crippen molar-refractivity contribution in [3.05, 3.63) is 78.1 Å². The maximum atomic E-state index is 12.3. The first-order chi connectivity index (χ1) is 12.6. The summed E-state index contributed by atoms with van der Waals surface area (Å²) in [4.78, 5) is 23.4. The minimum absolute atomic E-state index is 0.169. The maximum absolute atomic E-state index is 12.3. The van der Waals surface area contributed by atoms with Gasteiger partial charge in [0.25, 0.3) is 5.91 Å². The lowest BCUT2D eigenvalue weighted by molar-refractivity contribution is -0.114. The first-order valence-corrected chi connectivity index (χ1v) is 8.36. The molecular formula is C20H20N4O2. The van der Waals surface area contributed by atoms with Crippen LogP contribution < -0.4 is 10.6 Å². The van der Waals surface area contributed by atoms with Gasteiger partial charge >= 0.3 is 0 Å². The number of nitrogens with one attached hydrogen (secondary N) is 2. The first kappa shape index (κ1) is 17.4. The van der Waals surface area contributed by atoms with E-state index in [-0.39, 0.29) is 11.8 Å². The normalized spacial score (nSPS) is 10.3. The molecule has 1 heterocycles. The zero-order chi connectivity index (χ0) is 18.4. The number of carbonyl (C=O) groups excluding carboxylic acids is 2. The van der Waals surface area contributed by atoms with E-state index in [1.54, 1.807) is 30.5 Å². The van der Waals surface area contributed by atoms with E-state index in [4.69, 9.17) is 0 Å². The fourth-order valence-corrected chi connectivity index (χ4v) is 2.58. The van der Waals surface area contributed by atoms with E-state index in [1.165, 1.54) is 6.92 Å². The van der Waals surface area contributed by atoms with E-state index in [2.05, 4.69) is 15.7 Å². The highest BCUT2D eigenvalue weighted by Crippen LogP contribution is 2.11. The van der Waals surface area contributed by atoms with Crippen LogP contribution in [0.4, 0.5) is 5.69 Å². The summed E-state index contributed by atoms with van der Waals surface area (Å²) in [6.45, 7) is 1.94. The monoisotopic (exact) mass is 348 g/mol. The third-order valence-corrected chi connectivity index (χ3v) is 3.80. The highest BCUT2D eigenvalue weighted by molar-refractivity contribution is 5.96. The Bertz CT molecular complexity index is 903. The molecule has 0 radical (unpaired) electrons. The van der Waals surface area contributed by atoms with Crippen LogP contribution in [-0.2, 0) is 11.2 Å². The number of carbonyl (C=O) groups is 2. The second kappa shape index (κ2) is 8.11. The van der Waals surface area contributed by atoms with Crippen molar-refractivity contribution in [2.24, 2.45) is 0 Å². The predicted octanol–water partition coefficient (Wildman–Crippen LogP) is 2.80. The summed E-state index contributed by atoms with van der Waals surface area (Å²) in [5, 5.41) is 9.90. The summed E-state index contributed by atoms with van der Waals surface area (Å²) >= 11 is 0. The van der Waals surface area contributed by atoms with Crippen molar-refractivity contribution in [2.75, 3.05) is 11.9 Å². The third-order valence-electron chi connectivity index (χ3n) is 3.80. The van der Waals surface area contributed by atoms with Gasteiger partial charge in [-0.25, -0.2) is 4.68 Å². The summed E-state index contributed by atoms with van der Waals surface area (Å²) in [7, 11) is 0. The number of aromatic nitrogens is 2. The molecule has 0 spiro atoms. The van der Waals surface area contributed by atoms with Crippen LogP contribution >= 0.6 is 0 Å². The van der Waals surface area contributed by atoms with Gasteiger partial charge in [0.15, 0.2) is 0 Å². The lowest BCUT2D eigenvalue weighted by Gasteiger charge is -2.07. The van der Waals surface area contributed by atoms with Crippen molar-refractivity contribution in [2.45, 2.75) is 13.3 Å². The van der Waals surface area contributed by atoms with Crippen LogP contribution in [0.1, 0.15) is 22.8 Å². The molecule has 1 aromatic heterocycles. The Morgan fingerprint density at radius 3 is 2.65 bits per heavy atom. The first-order valence-electron chi connectivity index (χ1n) is 8.36. The number of para-hydroxylation sites is 1. The summed E-state index contributed by atoms with van der Waals surface area (Å²) in [6, 6.07) is 16.7. The van der Waals surface area contributed by atoms with Crippen LogP contribution in [0.25, 0.3) is 5.69 Å². The van der Waals surface area contributed by atoms with Crippen LogP contribution in [-0.4, -0.2) is 28.1 Å². The van der Waals surface area contributed by atoms with Gasteiger partial charge in [0.05, 0.1) is 11.9 Å². The quantitative estimate of drug-likeness (QED) is 0.719. The number of hydrogen-bond acceptors (Lipinski definition) is 3. The van der Waals surface area contributed by atoms with Crippen LogP contribution in [0.5, 0.6) is 0 Å². The van der Waals surface area contributed by atoms with E-state index < -0.39 is 0 Å². The van der Waals surface area contributed by atoms with Gasteiger partial charge in [0.1, 0.15) is 0 Å². The highest BCUT2D eigenvalue weighted by Gasteiger charge is 2.07. The van der Waals surface area contributed by atoms with E-state index in [0.29, 0.717) is 24.2 Å². The molecule has 132 valence electrons. The SMILES string of the molecule is CC(=O)Nc1cccc(C(=O)NCCc2cnn(-c3ccccc3)c2)c1. The molecule has 0 unspecified atom stereocenters. The minimum Gasteiger partial charge on any atom is -0.352 e. The molecule has 2 aromatic carbocycles. The molecule has 0 aliphatic rings. The summed E-state index contributed by atoms with van der Waals surface area (Å²) in [5.74, 6) is -0.342. The van der Waals surface area contributed by atoms with Gasteiger partial charge in [-0.15, -0.1) is 0 Å². The summed E-state index contributed by atoms with van der Waals surface area (Å²) in [6.07, 6.45) is 4.44. The Hall–Kier alpha value is -3.41. The molecule has 0 aliphatic carbocycles. The van der Waals surface area contributed by atoms with Crippen LogP contribution in [0, 0.1) is 0 Å². The number of anilines is 1. The summed E-state index contributed by atoms with van der Waals surface area (Å²) in [5.41, 5.74) is 3.16. The number of benzene rings is 2.